The number of benzene rings is 1. The molecule has 206 valence electrons. The minimum Gasteiger partial charge on any atom is -0.465 e. The summed E-state index contributed by atoms with van der Waals surface area (Å²) < 4.78 is 2.18. The topological polar surface area (TPSA) is 87.4 Å². The van der Waals surface area contributed by atoms with Crippen LogP contribution in [-0.4, -0.2) is 66.4 Å². The second-order valence-electron chi connectivity index (χ2n) is 11.5. The summed E-state index contributed by atoms with van der Waals surface area (Å²) in [4.78, 5) is 25.3. The normalized spacial score (nSPS) is 20.2. The van der Waals surface area contributed by atoms with E-state index in [1.165, 1.54) is 40.6 Å². The van der Waals surface area contributed by atoms with E-state index >= 15 is 0 Å². The third kappa shape index (κ3) is 4.44. The van der Waals surface area contributed by atoms with E-state index in [-0.39, 0.29) is 0 Å². The number of hydrogen-bond acceptors (Lipinski definition) is 5. The van der Waals surface area contributed by atoms with Crippen LogP contribution in [0.1, 0.15) is 61.5 Å². The molecule has 8 heteroatoms. The van der Waals surface area contributed by atoms with Gasteiger partial charge < -0.3 is 10.0 Å². The average molecular weight is 537 g/mol. The van der Waals surface area contributed by atoms with Crippen molar-refractivity contribution < 1.29 is 9.90 Å². The highest BCUT2D eigenvalue weighted by Crippen LogP contribution is 2.42. The van der Waals surface area contributed by atoms with E-state index in [0.29, 0.717) is 25.2 Å². The van der Waals surface area contributed by atoms with Gasteiger partial charge in [-0.2, -0.15) is 5.10 Å². The van der Waals surface area contributed by atoms with Crippen LogP contribution in [0.5, 0.6) is 0 Å². The molecule has 3 aromatic heterocycles. The van der Waals surface area contributed by atoms with E-state index in [9.17, 15) is 9.90 Å². The molecule has 1 amide bonds. The van der Waals surface area contributed by atoms with Gasteiger partial charge in [-0.1, -0.05) is 18.6 Å². The van der Waals surface area contributed by atoms with Crippen molar-refractivity contribution in [1.82, 2.24) is 29.5 Å². The zero-order valence-corrected chi connectivity index (χ0v) is 23.1. The molecule has 7 rings (SSSR count). The van der Waals surface area contributed by atoms with Gasteiger partial charge in [0.15, 0.2) is 0 Å². The number of rotatable bonds is 4. The fraction of sp³-hybridized carbons (Fsp3) is 0.438. The lowest BCUT2D eigenvalue weighted by atomic mass is 9.89. The smallest absolute Gasteiger partial charge is 0.407 e. The molecule has 2 fully saturated rings. The molecule has 3 aliphatic rings. The molecule has 0 aliphatic carbocycles. The van der Waals surface area contributed by atoms with Gasteiger partial charge in [-0.25, -0.2) is 4.79 Å². The Morgan fingerprint density at radius 2 is 1.85 bits per heavy atom. The Balaban J connectivity index is 1.30. The molecular weight excluding hydrogens is 500 g/mol. The molecule has 8 nitrogen and oxygen atoms in total. The maximum Gasteiger partial charge on any atom is 0.407 e. The predicted molar refractivity (Wildman–Crippen MR) is 155 cm³/mol. The molecule has 0 bridgehead atoms. The van der Waals surface area contributed by atoms with Gasteiger partial charge in [0.05, 0.1) is 11.2 Å². The molecular formula is C32H36N6O2. The summed E-state index contributed by atoms with van der Waals surface area (Å²) in [6.07, 6.45) is 8.60. The number of hydrogen-bond donors (Lipinski definition) is 1. The van der Waals surface area contributed by atoms with Crippen molar-refractivity contribution >= 4 is 17.0 Å². The number of carboxylic acid groups (broad SMARTS) is 1. The largest absolute Gasteiger partial charge is 0.465 e. The molecule has 0 spiro atoms. The lowest BCUT2D eigenvalue weighted by Crippen LogP contribution is -2.48. The number of carbonyl (C=O) groups is 1. The van der Waals surface area contributed by atoms with Crippen molar-refractivity contribution in [3.05, 3.63) is 65.6 Å². The standard InChI is InChI=1S/C32H36N6O2/c1-21-6-4-7-27(34-21)31-30(29-9-5-17-38(29)35-31)24-12-15-33-26-11-10-22(20-25(24)26)28-8-2-3-16-37(28)23-13-18-36(19-14-23)32(39)40/h4,6-7,10-12,15,20,23,28H,2-3,5,8-9,13-14,16-19H2,1H3,(H,39,40). The van der Waals surface area contributed by atoms with Gasteiger partial charge in [0, 0.05) is 60.3 Å². The summed E-state index contributed by atoms with van der Waals surface area (Å²) in [5.41, 5.74) is 8.88. The third-order valence-corrected chi connectivity index (χ3v) is 9.14. The summed E-state index contributed by atoms with van der Waals surface area (Å²) in [6, 6.07) is 15.9. The molecule has 0 saturated carbocycles. The molecule has 4 aromatic rings. The van der Waals surface area contributed by atoms with Crippen LogP contribution in [0.3, 0.4) is 0 Å². The van der Waals surface area contributed by atoms with E-state index in [4.69, 9.17) is 15.1 Å². The highest BCUT2D eigenvalue weighted by molar-refractivity contribution is 5.99. The zero-order valence-electron chi connectivity index (χ0n) is 23.1. The third-order valence-electron chi connectivity index (χ3n) is 9.14. The van der Waals surface area contributed by atoms with Gasteiger partial charge >= 0.3 is 6.09 Å². The fourth-order valence-corrected chi connectivity index (χ4v) is 7.20. The second-order valence-corrected chi connectivity index (χ2v) is 11.5. The number of aryl methyl sites for hydroxylation is 2. The molecule has 40 heavy (non-hydrogen) atoms. The molecule has 2 saturated heterocycles. The van der Waals surface area contributed by atoms with Crippen molar-refractivity contribution in [3.8, 4) is 22.5 Å². The van der Waals surface area contributed by atoms with Crippen LogP contribution in [0.2, 0.25) is 0 Å². The summed E-state index contributed by atoms with van der Waals surface area (Å²) in [5, 5.41) is 15.7. The van der Waals surface area contributed by atoms with Gasteiger partial charge in [0.2, 0.25) is 0 Å². The zero-order chi connectivity index (χ0) is 27.2. The SMILES string of the molecule is Cc1cccc(-c2nn3c(c2-c2ccnc4ccc(C5CCCCN5C5CCN(C(=O)O)CC5)cc24)CCC3)n1. The number of amides is 1. The summed E-state index contributed by atoms with van der Waals surface area (Å²) in [5.74, 6) is 0. The summed E-state index contributed by atoms with van der Waals surface area (Å²) >= 11 is 0. The molecule has 1 unspecified atom stereocenters. The number of fused-ring (bicyclic) bond motifs is 2. The van der Waals surface area contributed by atoms with Gasteiger partial charge in [-0.3, -0.25) is 19.5 Å². The molecule has 0 radical (unpaired) electrons. The predicted octanol–water partition coefficient (Wildman–Crippen LogP) is 6.08. The van der Waals surface area contributed by atoms with Crippen LogP contribution in [0.25, 0.3) is 33.4 Å². The van der Waals surface area contributed by atoms with Crippen LogP contribution in [-0.2, 0) is 13.0 Å². The molecule has 3 aliphatic heterocycles. The highest BCUT2D eigenvalue weighted by atomic mass is 16.4. The van der Waals surface area contributed by atoms with Crippen molar-refractivity contribution in [3.63, 3.8) is 0 Å². The summed E-state index contributed by atoms with van der Waals surface area (Å²) in [7, 11) is 0. The van der Waals surface area contributed by atoms with Crippen LogP contribution < -0.4 is 0 Å². The first kappa shape index (κ1) is 25.2. The first-order valence-corrected chi connectivity index (χ1v) is 14.7. The maximum atomic E-state index is 11.5. The monoisotopic (exact) mass is 536 g/mol. The highest BCUT2D eigenvalue weighted by Gasteiger charge is 2.33. The van der Waals surface area contributed by atoms with Gasteiger partial charge in [-0.15, -0.1) is 0 Å². The Kier molecular flexibility index (Phi) is 6.50. The molecule has 1 atom stereocenters. The molecule has 6 heterocycles. The van der Waals surface area contributed by atoms with E-state index in [1.807, 2.05) is 19.2 Å². The van der Waals surface area contributed by atoms with Crippen molar-refractivity contribution in [1.29, 1.82) is 0 Å². The fourth-order valence-electron chi connectivity index (χ4n) is 7.20. The quantitative estimate of drug-likeness (QED) is 0.340. The van der Waals surface area contributed by atoms with Gasteiger partial charge in [-0.05, 0) is 93.5 Å². The number of pyridine rings is 2. The first-order valence-electron chi connectivity index (χ1n) is 14.7. The first-order chi connectivity index (χ1) is 19.6. The minimum atomic E-state index is -0.796. The Labute approximate surface area is 234 Å². The second kappa shape index (κ2) is 10.3. The van der Waals surface area contributed by atoms with E-state index in [0.717, 1.165) is 67.8 Å². The van der Waals surface area contributed by atoms with Crippen molar-refractivity contribution in [2.45, 2.75) is 70.5 Å². The summed E-state index contributed by atoms with van der Waals surface area (Å²) in [6.45, 7) is 5.29. The van der Waals surface area contributed by atoms with Gasteiger partial charge in [0.1, 0.15) is 5.69 Å². The van der Waals surface area contributed by atoms with E-state index in [1.54, 1.807) is 4.90 Å². The number of nitrogens with zero attached hydrogens (tertiary/aromatic N) is 6. The van der Waals surface area contributed by atoms with Crippen molar-refractivity contribution in [2.75, 3.05) is 19.6 Å². The number of piperidine rings is 2. The van der Waals surface area contributed by atoms with Crippen LogP contribution in [0, 0.1) is 6.92 Å². The minimum absolute atomic E-state index is 0.336. The Hall–Kier alpha value is -3.78. The van der Waals surface area contributed by atoms with Crippen LogP contribution in [0.4, 0.5) is 4.79 Å². The average Bonchev–Trinajstić information content (AvgIpc) is 3.59. The maximum absolute atomic E-state index is 11.5. The van der Waals surface area contributed by atoms with Crippen LogP contribution >= 0.6 is 0 Å². The lowest BCUT2D eigenvalue weighted by molar-refractivity contribution is 0.0497. The Morgan fingerprint density at radius 1 is 0.975 bits per heavy atom. The number of likely N-dealkylation sites (tertiary alicyclic amines) is 2. The Morgan fingerprint density at radius 3 is 2.67 bits per heavy atom. The molecule has 1 aromatic carbocycles. The number of aromatic nitrogens is 4. The van der Waals surface area contributed by atoms with Crippen molar-refractivity contribution in [2.24, 2.45) is 0 Å². The van der Waals surface area contributed by atoms with E-state index < -0.39 is 6.09 Å². The Bertz CT molecular complexity index is 1570. The van der Waals surface area contributed by atoms with Crippen LogP contribution in [0.15, 0.2) is 48.7 Å². The molecule has 1 N–H and O–H groups in total. The lowest BCUT2D eigenvalue weighted by Gasteiger charge is -2.44. The van der Waals surface area contributed by atoms with Gasteiger partial charge in [0.25, 0.3) is 0 Å². The van der Waals surface area contributed by atoms with E-state index in [2.05, 4.69) is 46.0 Å².